The number of likely N-dealkylation sites (tertiary alicyclic amines) is 1. The van der Waals surface area contributed by atoms with E-state index in [2.05, 4.69) is 38.7 Å². The summed E-state index contributed by atoms with van der Waals surface area (Å²) in [5.74, 6) is 1.45. The molecule has 1 saturated carbocycles. The van der Waals surface area contributed by atoms with Crippen LogP contribution in [0.3, 0.4) is 0 Å². The highest BCUT2D eigenvalue weighted by Crippen LogP contribution is 2.43. The Hall–Kier alpha value is -3.53. The van der Waals surface area contributed by atoms with E-state index in [0.717, 1.165) is 44.3 Å². The number of hydrogen-bond donors (Lipinski definition) is 1. The lowest BCUT2D eigenvalue weighted by Gasteiger charge is -2.47. The van der Waals surface area contributed by atoms with Crippen molar-refractivity contribution in [2.24, 2.45) is 17.1 Å². The molecule has 1 unspecified atom stereocenters. The average Bonchev–Trinajstić information content (AvgIpc) is 3.60. The molecule has 0 radical (unpaired) electrons. The Balaban J connectivity index is 1.45. The summed E-state index contributed by atoms with van der Waals surface area (Å²) in [6.07, 6.45) is -0.840. The van der Waals surface area contributed by atoms with Crippen molar-refractivity contribution < 1.29 is 27.9 Å². The van der Waals surface area contributed by atoms with Crippen LogP contribution in [0.25, 0.3) is 33.3 Å². The number of carbonyl (C=O) groups excluding carboxylic acids is 2. The number of nitrogens with two attached hydrogens (primary N) is 1. The number of alkyl halides is 1. The second kappa shape index (κ2) is 10.9. The first-order valence-electron chi connectivity index (χ1n) is 14.7. The van der Waals surface area contributed by atoms with Gasteiger partial charge in [-0.15, -0.1) is 0 Å². The van der Waals surface area contributed by atoms with Crippen LogP contribution in [0.2, 0.25) is 0 Å². The molecule has 1 aliphatic carbocycles. The van der Waals surface area contributed by atoms with E-state index in [0.29, 0.717) is 22.8 Å². The molecular formula is C33H37BrFN3O5. The van der Waals surface area contributed by atoms with Gasteiger partial charge in [0.2, 0.25) is 0 Å². The highest BCUT2D eigenvalue weighted by molar-refractivity contribution is 9.10. The van der Waals surface area contributed by atoms with Gasteiger partial charge in [-0.05, 0) is 61.4 Å². The van der Waals surface area contributed by atoms with Crippen molar-refractivity contribution in [1.82, 2.24) is 9.47 Å². The average molecular weight is 655 g/mol. The van der Waals surface area contributed by atoms with Crippen LogP contribution in [0.5, 0.6) is 5.75 Å². The Kier molecular flexibility index (Phi) is 7.47. The van der Waals surface area contributed by atoms with Crippen molar-refractivity contribution in [2.45, 2.75) is 71.8 Å². The largest absolute Gasteiger partial charge is 0.496 e. The van der Waals surface area contributed by atoms with Gasteiger partial charge in [0.25, 0.3) is 5.91 Å². The normalized spacial score (nSPS) is 21.0. The van der Waals surface area contributed by atoms with Crippen LogP contribution in [0.4, 0.5) is 9.18 Å². The summed E-state index contributed by atoms with van der Waals surface area (Å²) >= 11 is 3.62. The molecule has 4 aromatic rings. The zero-order valence-electron chi connectivity index (χ0n) is 25.1. The zero-order chi connectivity index (χ0) is 30.8. The Bertz CT molecular complexity index is 1730. The summed E-state index contributed by atoms with van der Waals surface area (Å²) in [4.78, 5) is 27.3. The number of primary amides is 1. The minimum atomic E-state index is -1.37. The molecule has 10 heteroatoms. The van der Waals surface area contributed by atoms with E-state index in [4.69, 9.17) is 19.6 Å². The van der Waals surface area contributed by atoms with Crippen LogP contribution in [0.1, 0.15) is 56.0 Å². The van der Waals surface area contributed by atoms with Crippen LogP contribution in [0.15, 0.2) is 45.3 Å². The number of benzene rings is 2. The molecule has 2 aromatic heterocycles. The van der Waals surface area contributed by atoms with Crippen molar-refractivity contribution in [3.63, 3.8) is 0 Å². The molecule has 3 heterocycles. The molecule has 1 aliphatic heterocycles. The number of aromatic nitrogens is 1. The molecule has 43 heavy (non-hydrogen) atoms. The van der Waals surface area contributed by atoms with E-state index in [1.54, 1.807) is 19.2 Å². The maximum absolute atomic E-state index is 15.0. The number of amides is 2. The first-order chi connectivity index (χ1) is 20.3. The molecule has 1 saturated heterocycles. The molecule has 6 rings (SSSR count). The summed E-state index contributed by atoms with van der Waals surface area (Å²) in [7, 11) is 1.56. The van der Waals surface area contributed by atoms with Crippen LogP contribution in [-0.2, 0) is 11.3 Å². The SMILES string of the molecule is COc1cc(C(=O)N2C[C@H](F)C[C@@H](OC(N)=O)C2C(C)(C)C)cc2oc(-c3cc4ccc(Br)cc4n3CC3CC3)c(C)c12. The third kappa shape index (κ3) is 5.50. The van der Waals surface area contributed by atoms with Crippen molar-refractivity contribution in [3.05, 3.63) is 52.0 Å². The molecule has 0 spiro atoms. The fourth-order valence-corrected chi connectivity index (χ4v) is 7.03. The Morgan fingerprint density at radius 3 is 2.56 bits per heavy atom. The predicted molar refractivity (Wildman–Crippen MR) is 167 cm³/mol. The Labute approximate surface area is 258 Å². The third-order valence-electron chi connectivity index (χ3n) is 8.68. The van der Waals surface area contributed by atoms with Gasteiger partial charge in [-0.2, -0.15) is 0 Å². The van der Waals surface area contributed by atoms with Gasteiger partial charge in [0.1, 0.15) is 23.6 Å². The molecule has 2 aliphatic rings. The number of furan rings is 1. The van der Waals surface area contributed by atoms with Crippen molar-refractivity contribution in [1.29, 1.82) is 0 Å². The number of piperidine rings is 1. The summed E-state index contributed by atoms with van der Waals surface area (Å²) in [6, 6.07) is 11.2. The standard InChI is InChI=1S/C33H37BrFN3O5/c1-17-28-25(41-5)11-20(31(39)38-16-22(35)14-27(43-32(36)40)30(38)33(2,3)4)12-26(28)42-29(17)24-10-19-8-9-21(34)13-23(19)37(24)15-18-6-7-18/h8-13,18,22,27,30H,6-7,14-16H2,1-5H3,(H2,36,40)/t22-,27-,30?/m1/s1. The lowest BCUT2D eigenvalue weighted by atomic mass is 9.78. The number of carbonyl (C=O) groups is 2. The van der Waals surface area contributed by atoms with E-state index in [9.17, 15) is 14.0 Å². The number of ether oxygens (including phenoxy) is 2. The van der Waals surface area contributed by atoms with Gasteiger partial charge >= 0.3 is 6.09 Å². The topological polar surface area (TPSA) is 99.9 Å². The molecule has 2 N–H and O–H groups in total. The minimum absolute atomic E-state index is 0.0246. The third-order valence-corrected chi connectivity index (χ3v) is 9.18. The van der Waals surface area contributed by atoms with Gasteiger partial charge in [-0.1, -0.05) is 42.8 Å². The van der Waals surface area contributed by atoms with E-state index in [1.165, 1.54) is 17.7 Å². The maximum Gasteiger partial charge on any atom is 0.404 e. The fourth-order valence-electron chi connectivity index (χ4n) is 6.69. The van der Waals surface area contributed by atoms with E-state index in [1.807, 2.05) is 33.8 Å². The van der Waals surface area contributed by atoms with Gasteiger partial charge in [0.15, 0.2) is 5.76 Å². The zero-order valence-corrected chi connectivity index (χ0v) is 26.7. The van der Waals surface area contributed by atoms with Crippen molar-refractivity contribution >= 4 is 49.8 Å². The van der Waals surface area contributed by atoms with Crippen LogP contribution < -0.4 is 10.5 Å². The number of hydrogen-bond acceptors (Lipinski definition) is 5. The minimum Gasteiger partial charge on any atom is -0.496 e. The van der Waals surface area contributed by atoms with Gasteiger partial charge in [-0.25, -0.2) is 9.18 Å². The number of fused-ring (bicyclic) bond motifs is 2. The van der Waals surface area contributed by atoms with E-state index in [-0.39, 0.29) is 13.0 Å². The molecule has 228 valence electrons. The highest BCUT2D eigenvalue weighted by Gasteiger charge is 2.47. The number of nitrogens with zero attached hydrogens (tertiary/aromatic N) is 2. The Morgan fingerprint density at radius 2 is 1.91 bits per heavy atom. The number of halogens is 2. The molecule has 8 nitrogen and oxygen atoms in total. The maximum atomic E-state index is 15.0. The van der Waals surface area contributed by atoms with Crippen LogP contribution in [0, 0.1) is 18.3 Å². The number of rotatable bonds is 6. The summed E-state index contributed by atoms with van der Waals surface area (Å²) in [5.41, 5.74) is 8.62. The van der Waals surface area contributed by atoms with Gasteiger partial charge in [-0.3, -0.25) is 4.79 Å². The molecule has 3 atom stereocenters. The lowest BCUT2D eigenvalue weighted by Crippen LogP contribution is -2.61. The fraction of sp³-hybridized carbons (Fsp3) is 0.455. The molecule has 0 bridgehead atoms. The van der Waals surface area contributed by atoms with Gasteiger partial charge < -0.3 is 29.1 Å². The van der Waals surface area contributed by atoms with Gasteiger partial charge in [0.05, 0.1) is 30.8 Å². The smallest absolute Gasteiger partial charge is 0.404 e. The second-order valence-corrected chi connectivity index (χ2v) is 13.9. The van der Waals surface area contributed by atoms with Gasteiger partial charge in [0, 0.05) is 39.5 Å². The number of methoxy groups -OCH3 is 1. The van der Waals surface area contributed by atoms with Crippen molar-refractivity contribution in [3.8, 4) is 17.2 Å². The molecule has 2 amide bonds. The first kappa shape index (κ1) is 29.5. The summed E-state index contributed by atoms with van der Waals surface area (Å²) in [6.45, 7) is 8.56. The predicted octanol–water partition coefficient (Wildman–Crippen LogP) is 7.61. The van der Waals surface area contributed by atoms with Crippen LogP contribution in [-0.4, -0.2) is 53.4 Å². The molecular weight excluding hydrogens is 617 g/mol. The molecule has 2 fully saturated rings. The molecule has 2 aromatic carbocycles. The number of aryl methyl sites for hydroxylation is 1. The quantitative estimate of drug-likeness (QED) is 0.231. The van der Waals surface area contributed by atoms with E-state index >= 15 is 0 Å². The summed E-state index contributed by atoms with van der Waals surface area (Å²) in [5, 5.41) is 1.90. The first-order valence-corrected chi connectivity index (χ1v) is 15.5. The van der Waals surface area contributed by atoms with Crippen LogP contribution >= 0.6 is 15.9 Å². The highest BCUT2D eigenvalue weighted by atomic mass is 79.9. The van der Waals surface area contributed by atoms with Crippen molar-refractivity contribution in [2.75, 3.05) is 13.7 Å². The monoisotopic (exact) mass is 653 g/mol. The second-order valence-electron chi connectivity index (χ2n) is 13.0. The lowest BCUT2D eigenvalue weighted by molar-refractivity contribution is -0.0570. The Morgan fingerprint density at radius 1 is 1.16 bits per heavy atom. The van der Waals surface area contributed by atoms with E-state index < -0.39 is 35.7 Å². The summed E-state index contributed by atoms with van der Waals surface area (Å²) < 4.78 is 36.0.